The van der Waals surface area contributed by atoms with Gasteiger partial charge in [-0.25, -0.2) is 0 Å². The summed E-state index contributed by atoms with van der Waals surface area (Å²) in [6.07, 6.45) is 4.19. The zero-order chi connectivity index (χ0) is 9.52. The number of aliphatic hydroxyl groups is 1. The second-order valence-electron chi connectivity index (χ2n) is 3.88. The minimum absolute atomic E-state index is 0.0363. The molecule has 0 aliphatic heterocycles. The summed E-state index contributed by atoms with van der Waals surface area (Å²) < 4.78 is 4.95. The fourth-order valence-electron chi connectivity index (χ4n) is 1.88. The zero-order valence-electron chi connectivity index (χ0n) is 8.46. The molecule has 0 amide bonds. The van der Waals surface area contributed by atoms with Crippen LogP contribution < -0.4 is 5.32 Å². The molecule has 2 unspecified atom stereocenters. The van der Waals surface area contributed by atoms with Crippen molar-refractivity contribution in [1.29, 1.82) is 0 Å². The lowest BCUT2D eigenvalue weighted by Gasteiger charge is -2.10. The summed E-state index contributed by atoms with van der Waals surface area (Å²) in [6.45, 7) is 2.92. The molecule has 78 valence electrons. The minimum Gasteiger partial charge on any atom is -0.393 e. The highest BCUT2D eigenvalue weighted by Gasteiger charge is 2.21. The third-order valence-corrected chi connectivity index (χ3v) is 2.65. The molecule has 2 N–H and O–H groups in total. The van der Waals surface area contributed by atoms with Gasteiger partial charge in [0.25, 0.3) is 0 Å². The van der Waals surface area contributed by atoms with Crippen LogP contribution in [0.25, 0.3) is 0 Å². The van der Waals surface area contributed by atoms with Crippen LogP contribution in [0.2, 0.25) is 0 Å². The van der Waals surface area contributed by atoms with Crippen LogP contribution in [-0.2, 0) is 4.74 Å². The van der Waals surface area contributed by atoms with E-state index in [0.29, 0.717) is 5.92 Å². The Labute approximate surface area is 80.5 Å². The molecule has 3 nitrogen and oxygen atoms in total. The zero-order valence-corrected chi connectivity index (χ0v) is 8.46. The van der Waals surface area contributed by atoms with Crippen LogP contribution in [0.1, 0.15) is 25.7 Å². The minimum atomic E-state index is -0.0363. The SMILES string of the molecule is COCCCNCC1CCC(O)C1. The molecule has 0 aromatic carbocycles. The van der Waals surface area contributed by atoms with Crippen LogP contribution in [0.4, 0.5) is 0 Å². The van der Waals surface area contributed by atoms with Crippen molar-refractivity contribution >= 4 is 0 Å². The quantitative estimate of drug-likeness (QED) is 0.604. The maximum Gasteiger partial charge on any atom is 0.0543 e. The van der Waals surface area contributed by atoms with E-state index in [0.717, 1.165) is 39.0 Å². The lowest BCUT2D eigenvalue weighted by atomic mass is 10.1. The fourth-order valence-corrected chi connectivity index (χ4v) is 1.88. The molecule has 1 saturated carbocycles. The van der Waals surface area contributed by atoms with Gasteiger partial charge in [0, 0.05) is 13.7 Å². The predicted octanol–water partition coefficient (Wildman–Crippen LogP) is 0.773. The molecule has 0 bridgehead atoms. The predicted molar refractivity (Wildman–Crippen MR) is 52.7 cm³/mol. The number of nitrogens with one attached hydrogen (secondary N) is 1. The van der Waals surface area contributed by atoms with E-state index in [1.165, 1.54) is 6.42 Å². The third kappa shape index (κ3) is 4.60. The number of hydrogen-bond acceptors (Lipinski definition) is 3. The molecular formula is C10H21NO2. The van der Waals surface area contributed by atoms with Gasteiger partial charge in [-0.2, -0.15) is 0 Å². The molecule has 0 heterocycles. The Morgan fingerprint density at radius 2 is 2.31 bits per heavy atom. The number of ether oxygens (including phenoxy) is 1. The second-order valence-corrected chi connectivity index (χ2v) is 3.88. The van der Waals surface area contributed by atoms with E-state index < -0.39 is 0 Å². The van der Waals surface area contributed by atoms with E-state index in [9.17, 15) is 5.11 Å². The molecule has 13 heavy (non-hydrogen) atoms. The first kappa shape index (κ1) is 11.0. The normalized spacial score (nSPS) is 28.2. The molecule has 3 heteroatoms. The molecule has 2 atom stereocenters. The Morgan fingerprint density at radius 1 is 1.46 bits per heavy atom. The molecule has 0 aromatic rings. The molecule has 1 aliphatic rings. The van der Waals surface area contributed by atoms with E-state index in [1.807, 2.05) is 0 Å². The van der Waals surface area contributed by atoms with Gasteiger partial charge in [-0.1, -0.05) is 0 Å². The van der Waals surface area contributed by atoms with Crippen molar-refractivity contribution in [2.45, 2.75) is 31.8 Å². The van der Waals surface area contributed by atoms with Gasteiger partial charge in [-0.3, -0.25) is 0 Å². The summed E-state index contributed by atoms with van der Waals surface area (Å²) in [7, 11) is 1.73. The average Bonchev–Trinajstić information content (AvgIpc) is 2.51. The first-order valence-corrected chi connectivity index (χ1v) is 5.20. The fraction of sp³-hybridized carbons (Fsp3) is 1.00. The van der Waals surface area contributed by atoms with Crippen LogP contribution in [0.5, 0.6) is 0 Å². The largest absolute Gasteiger partial charge is 0.393 e. The Hall–Kier alpha value is -0.120. The summed E-state index contributed by atoms with van der Waals surface area (Å²) in [5.41, 5.74) is 0. The summed E-state index contributed by atoms with van der Waals surface area (Å²) in [5, 5.41) is 12.7. The van der Waals surface area contributed by atoms with E-state index >= 15 is 0 Å². The van der Waals surface area contributed by atoms with E-state index in [-0.39, 0.29) is 6.10 Å². The van der Waals surface area contributed by atoms with Crippen molar-refractivity contribution in [2.75, 3.05) is 26.8 Å². The standard InChI is InChI=1S/C10H21NO2/c1-13-6-2-5-11-8-9-3-4-10(12)7-9/h9-12H,2-8H2,1H3. The maximum atomic E-state index is 9.29. The van der Waals surface area contributed by atoms with Crippen molar-refractivity contribution < 1.29 is 9.84 Å². The number of methoxy groups -OCH3 is 1. The van der Waals surface area contributed by atoms with Crippen LogP contribution >= 0.6 is 0 Å². The van der Waals surface area contributed by atoms with Crippen molar-refractivity contribution in [1.82, 2.24) is 5.32 Å². The number of rotatable bonds is 6. The smallest absolute Gasteiger partial charge is 0.0543 e. The highest BCUT2D eigenvalue weighted by atomic mass is 16.5. The van der Waals surface area contributed by atoms with Gasteiger partial charge in [0.05, 0.1) is 6.10 Å². The van der Waals surface area contributed by atoms with Crippen molar-refractivity contribution in [3.63, 3.8) is 0 Å². The van der Waals surface area contributed by atoms with Crippen molar-refractivity contribution in [3.05, 3.63) is 0 Å². The molecule has 0 saturated heterocycles. The molecule has 1 aliphatic carbocycles. The van der Waals surface area contributed by atoms with E-state index in [1.54, 1.807) is 7.11 Å². The lowest BCUT2D eigenvalue weighted by molar-refractivity contribution is 0.176. The highest BCUT2D eigenvalue weighted by molar-refractivity contribution is 4.75. The Morgan fingerprint density at radius 3 is 2.92 bits per heavy atom. The molecule has 0 spiro atoms. The van der Waals surface area contributed by atoms with E-state index in [4.69, 9.17) is 4.74 Å². The second kappa shape index (κ2) is 6.35. The summed E-state index contributed by atoms with van der Waals surface area (Å²) in [5.74, 6) is 0.692. The summed E-state index contributed by atoms with van der Waals surface area (Å²) in [4.78, 5) is 0. The topological polar surface area (TPSA) is 41.5 Å². The van der Waals surface area contributed by atoms with Crippen LogP contribution in [0.15, 0.2) is 0 Å². The van der Waals surface area contributed by atoms with Gasteiger partial charge in [0.15, 0.2) is 0 Å². The number of aliphatic hydroxyl groups excluding tert-OH is 1. The lowest BCUT2D eigenvalue weighted by Crippen LogP contribution is -2.23. The number of hydrogen-bond donors (Lipinski definition) is 2. The van der Waals surface area contributed by atoms with Gasteiger partial charge in [-0.15, -0.1) is 0 Å². The molecule has 1 rings (SSSR count). The Kier molecular flexibility index (Phi) is 5.35. The first-order valence-electron chi connectivity index (χ1n) is 5.20. The monoisotopic (exact) mass is 187 g/mol. The Balaban J connectivity index is 1.88. The Bertz CT molecular complexity index is 130. The van der Waals surface area contributed by atoms with Gasteiger partial charge in [-0.05, 0) is 44.7 Å². The van der Waals surface area contributed by atoms with Crippen molar-refractivity contribution in [2.24, 2.45) is 5.92 Å². The maximum absolute atomic E-state index is 9.29. The van der Waals surface area contributed by atoms with Gasteiger partial charge in [0.1, 0.15) is 0 Å². The first-order chi connectivity index (χ1) is 6.33. The van der Waals surface area contributed by atoms with Gasteiger partial charge in [0.2, 0.25) is 0 Å². The molecular weight excluding hydrogens is 166 g/mol. The molecule has 0 radical (unpaired) electrons. The summed E-state index contributed by atoms with van der Waals surface area (Å²) >= 11 is 0. The highest BCUT2D eigenvalue weighted by Crippen LogP contribution is 2.24. The van der Waals surface area contributed by atoms with Crippen LogP contribution in [0, 0.1) is 5.92 Å². The van der Waals surface area contributed by atoms with Gasteiger partial charge < -0.3 is 15.2 Å². The van der Waals surface area contributed by atoms with Crippen LogP contribution in [0.3, 0.4) is 0 Å². The van der Waals surface area contributed by atoms with E-state index in [2.05, 4.69) is 5.32 Å². The van der Waals surface area contributed by atoms with Gasteiger partial charge >= 0.3 is 0 Å². The summed E-state index contributed by atoms with van der Waals surface area (Å²) in [6, 6.07) is 0. The molecule has 0 aromatic heterocycles. The molecule has 1 fully saturated rings. The van der Waals surface area contributed by atoms with Crippen molar-refractivity contribution in [3.8, 4) is 0 Å². The van der Waals surface area contributed by atoms with Crippen LogP contribution in [-0.4, -0.2) is 38.0 Å². The third-order valence-electron chi connectivity index (χ3n) is 2.65. The average molecular weight is 187 g/mol.